The van der Waals surface area contributed by atoms with E-state index in [4.69, 9.17) is 0 Å². The van der Waals surface area contributed by atoms with Gasteiger partial charge in [0.1, 0.15) is 12.1 Å². The average molecular weight is 132 g/mol. The van der Waals surface area contributed by atoms with Crippen molar-refractivity contribution in [1.82, 2.24) is 0 Å². The minimum Gasteiger partial charge on any atom is -0.191 e. The third-order valence-electron chi connectivity index (χ3n) is 0.216. The Morgan fingerprint density at radius 1 is 1.14 bits per heavy atom. The van der Waals surface area contributed by atoms with Gasteiger partial charge in [0.05, 0.1) is 0 Å². The fourth-order valence-electron chi connectivity index (χ4n) is 0.0292. The summed E-state index contributed by atoms with van der Waals surface area (Å²) in [7, 11) is 0. The van der Waals surface area contributed by atoms with Crippen molar-refractivity contribution in [2.75, 3.05) is 0 Å². The molecule has 0 amide bonds. The molecule has 0 N–H and O–H groups in total. The van der Waals surface area contributed by atoms with Gasteiger partial charge in [0.2, 0.25) is 0 Å². The molecular formula is C2F4S. The van der Waals surface area contributed by atoms with Crippen molar-refractivity contribution in [1.29, 1.82) is 0 Å². The number of hydrogen-bond donors (Lipinski definition) is 0. The van der Waals surface area contributed by atoms with Gasteiger partial charge in [-0.1, -0.05) is 0 Å². The predicted octanol–water partition coefficient (Wildman–Crippen LogP) is 2.64. The molecule has 42 valence electrons. The Bertz CT molecular complexity index is 83.7. The fraction of sp³-hybridized carbons (Fsp3) is 0. The zero-order valence-electron chi connectivity index (χ0n) is 2.92. The summed E-state index contributed by atoms with van der Waals surface area (Å²) in [4.78, 5) is 0. The molecule has 5 heteroatoms. The van der Waals surface area contributed by atoms with Gasteiger partial charge in [-0.3, -0.25) is 0 Å². The first-order valence-electron chi connectivity index (χ1n) is 1.18. The quantitative estimate of drug-likeness (QED) is 0.494. The molecule has 0 aromatic carbocycles. The Kier molecular flexibility index (Phi) is 2.82. The van der Waals surface area contributed by atoms with Gasteiger partial charge < -0.3 is 0 Å². The summed E-state index contributed by atoms with van der Waals surface area (Å²) in [6.07, 6.45) is -2.62. The summed E-state index contributed by atoms with van der Waals surface area (Å²) in [5.41, 5.74) is 0. The first kappa shape index (κ1) is 6.81. The van der Waals surface area contributed by atoms with Crippen LogP contribution in [0.15, 0.2) is 11.2 Å². The normalized spacial score (nSPS) is 8.57. The molecule has 0 nitrogen and oxygen atoms in total. The maximum atomic E-state index is 11.0. The lowest BCUT2D eigenvalue weighted by atomic mass is 11.1. The van der Waals surface area contributed by atoms with Crippen LogP contribution in [0.5, 0.6) is 0 Å². The molecule has 0 saturated heterocycles. The summed E-state index contributed by atoms with van der Waals surface area (Å²) >= 11 is -1.10. The summed E-state index contributed by atoms with van der Waals surface area (Å²) < 4.78 is 43.0. The maximum Gasteiger partial charge on any atom is 0.314 e. The molecule has 0 saturated carbocycles. The Balaban J connectivity index is 3.72. The molecule has 0 unspecified atom stereocenters. The summed E-state index contributed by atoms with van der Waals surface area (Å²) in [6, 6.07) is 0. The molecule has 0 heterocycles. The van der Waals surface area contributed by atoms with E-state index in [2.05, 4.69) is 0 Å². The van der Waals surface area contributed by atoms with Crippen LogP contribution in [-0.4, -0.2) is 0 Å². The third kappa shape index (κ3) is 2.50. The molecule has 0 aliphatic heterocycles. The highest BCUT2D eigenvalue weighted by molar-refractivity contribution is 7.98. The molecule has 0 spiro atoms. The lowest BCUT2D eigenvalue weighted by molar-refractivity contribution is 0.394. The van der Waals surface area contributed by atoms with Crippen molar-refractivity contribution in [3.05, 3.63) is 11.2 Å². The molecule has 0 radical (unpaired) electrons. The smallest absolute Gasteiger partial charge is 0.191 e. The van der Waals surface area contributed by atoms with E-state index in [0.717, 1.165) is 0 Å². The number of halogens is 4. The first-order valence-corrected chi connectivity index (χ1v) is 1.89. The largest absolute Gasteiger partial charge is 0.314 e. The van der Waals surface area contributed by atoms with Gasteiger partial charge in [-0.15, -0.1) is 0 Å². The van der Waals surface area contributed by atoms with Crippen LogP contribution in [0.2, 0.25) is 0 Å². The van der Waals surface area contributed by atoms with E-state index in [-0.39, 0.29) is 0 Å². The molecule has 0 rings (SSSR count). The van der Waals surface area contributed by atoms with Crippen LogP contribution in [0.4, 0.5) is 17.1 Å². The van der Waals surface area contributed by atoms with E-state index in [9.17, 15) is 17.1 Å². The van der Waals surface area contributed by atoms with Gasteiger partial charge in [-0.05, 0) is 0 Å². The second-order valence-electron chi connectivity index (χ2n) is 0.611. The first-order chi connectivity index (χ1) is 3.18. The molecule has 0 aromatic heterocycles. The third-order valence-corrected chi connectivity index (χ3v) is 0.506. The monoisotopic (exact) mass is 132 g/mol. The summed E-state index contributed by atoms with van der Waals surface area (Å²) in [6.45, 7) is 0. The van der Waals surface area contributed by atoms with Crippen LogP contribution in [0, 0.1) is 0 Å². The molecule has 7 heavy (non-hydrogen) atoms. The Hall–Kier alpha value is -0.190. The van der Waals surface area contributed by atoms with Gasteiger partial charge >= 0.3 is 6.08 Å². The lowest BCUT2D eigenvalue weighted by Crippen LogP contribution is -1.59. The molecule has 0 fully saturated rings. The molecule has 0 aliphatic rings. The average Bonchev–Trinajstić information content (AvgIpc) is 1.65. The van der Waals surface area contributed by atoms with Crippen LogP contribution >= 0.6 is 12.1 Å². The van der Waals surface area contributed by atoms with E-state index in [1.54, 1.807) is 0 Å². The second kappa shape index (κ2) is 2.90. The SMILES string of the molecule is FSC(F)=C(F)F. The Morgan fingerprint density at radius 3 is 1.57 bits per heavy atom. The van der Waals surface area contributed by atoms with Crippen molar-refractivity contribution in [2.45, 2.75) is 0 Å². The molecule has 0 bridgehead atoms. The van der Waals surface area contributed by atoms with Crippen LogP contribution in [0.25, 0.3) is 0 Å². The van der Waals surface area contributed by atoms with Crippen LogP contribution in [0.1, 0.15) is 0 Å². The number of hydrogen-bond acceptors (Lipinski definition) is 1. The van der Waals surface area contributed by atoms with Crippen molar-refractivity contribution in [3.8, 4) is 0 Å². The van der Waals surface area contributed by atoms with Crippen LogP contribution < -0.4 is 0 Å². The Morgan fingerprint density at radius 2 is 1.57 bits per heavy atom. The van der Waals surface area contributed by atoms with E-state index in [1.807, 2.05) is 0 Å². The molecule has 0 aromatic rings. The maximum absolute atomic E-state index is 11.0. The minimum atomic E-state index is -2.62. The van der Waals surface area contributed by atoms with E-state index in [0.29, 0.717) is 0 Å². The number of rotatable bonds is 1. The van der Waals surface area contributed by atoms with Crippen molar-refractivity contribution >= 4 is 12.1 Å². The molecule has 0 aliphatic carbocycles. The summed E-state index contributed by atoms with van der Waals surface area (Å²) in [5.74, 6) is 0. The van der Waals surface area contributed by atoms with Crippen LogP contribution in [0.3, 0.4) is 0 Å². The predicted molar refractivity (Wildman–Crippen MR) is 19.0 cm³/mol. The standard InChI is InChI=1S/C2F4S/c3-1(4)2(5)7-6. The van der Waals surface area contributed by atoms with Crippen molar-refractivity contribution in [2.24, 2.45) is 0 Å². The van der Waals surface area contributed by atoms with Crippen molar-refractivity contribution < 1.29 is 17.1 Å². The van der Waals surface area contributed by atoms with Gasteiger partial charge in [0, 0.05) is 0 Å². The van der Waals surface area contributed by atoms with Gasteiger partial charge in [0.25, 0.3) is 5.16 Å². The Labute approximate surface area is 41.5 Å². The van der Waals surface area contributed by atoms with Crippen LogP contribution in [-0.2, 0) is 0 Å². The topological polar surface area (TPSA) is 0 Å². The van der Waals surface area contributed by atoms with Crippen molar-refractivity contribution in [3.63, 3.8) is 0 Å². The lowest BCUT2D eigenvalue weighted by Gasteiger charge is -1.77. The molecular weight excluding hydrogens is 132 g/mol. The van der Waals surface area contributed by atoms with Gasteiger partial charge in [-0.2, -0.15) is 17.1 Å². The van der Waals surface area contributed by atoms with E-state index in [1.165, 1.54) is 0 Å². The summed E-state index contributed by atoms with van der Waals surface area (Å²) in [5, 5.41) is -2.07. The highest BCUT2D eigenvalue weighted by atomic mass is 32.2. The molecule has 0 atom stereocenters. The van der Waals surface area contributed by atoms with E-state index >= 15 is 0 Å². The van der Waals surface area contributed by atoms with Gasteiger partial charge in [-0.25, -0.2) is 0 Å². The highest BCUT2D eigenvalue weighted by Gasteiger charge is 2.03. The fourth-order valence-corrected chi connectivity index (χ4v) is 0.0875. The van der Waals surface area contributed by atoms with Gasteiger partial charge in [0.15, 0.2) is 0 Å². The zero-order chi connectivity index (χ0) is 5.86. The minimum absolute atomic E-state index is 1.10. The highest BCUT2D eigenvalue weighted by Crippen LogP contribution is 2.22. The zero-order valence-corrected chi connectivity index (χ0v) is 3.74. The van der Waals surface area contributed by atoms with E-state index < -0.39 is 23.4 Å². The second-order valence-corrected chi connectivity index (χ2v) is 1.12.